The van der Waals surface area contributed by atoms with Gasteiger partial charge in [0.1, 0.15) is 11.3 Å². The topological polar surface area (TPSA) is 93.2 Å². The van der Waals surface area contributed by atoms with Crippen LogP contribution in [0.1, 0.15) is 5.56 Å². The molecule has 3 rings (SSSR count). The Morgan fingerprint density at radius 3 is 2.68 bits per heavy atom. The summed E-state index contributed by atoms with van der Waals surface area (Å²) < 4.78 is 19.0. The van der Waals surface area contributed by atoms with E-state index in [4.69, 9.17) is 28.6 Å². The Bertz CT molecular complexity index is 913. The number of hydrogen-bond donors (Lipinski definition) is 2. The van der Waals surface area contributed by atoms with Gasteiger partial charge in [0.15, 0.2) is 5.11 Å². The summed E-state index contributed by atoms with van der Waals surface area (Å²) in [7, 11) is 0. The van der Waals surface area contributed by atoms with Gasteiger partial charge in [-0.2, -0.15) is 9.37 Å². The molecular formula is C15H8ClFN4O3S. The van der Waals surface area contributed by atoms with Crippen molar-refractivity contribution in [2.24, 2.45) is 0 Å². The van der Waals surface area contributed by atoms with E-state index in [2.05, 4.69) is 20.6 Å². The standard InChI is InChI=1S/C15H8ClFN4O3S/c16-14-18-6-10(17)13(21-14)24-8-3-1-2-7(4-8)5-9-11(22)19-15(25)20-12(9)23/h1-6H,(H2,19,20,22,23,25). The summed E-state index contributed by atoms with van der Waals surface area (Å²) in [5, 5.41) is 4.44. The van der Waals surface area contributed by atoms with Gasteiger partial charge < -0.3 is 4.74 Å². The molecule has 0 unspecified atom stereocenters. The highest BCUT2D eigenvalue weighted by Gasteiger charge is 2.25. The Morgan fingerprint density at radius 2 is 1.96 bits per heavy atom. The van der Waals surface area contributed by atoms with E-state index in [0.29, 0.717) is 5.56 Å². The van der Waals surface area contributed by atoms with E-state index in [-0.39, 0.29) is 27.6 Å². The monoisotopic (exact) mass is 378 g/mol. The van der Waals surface area contributed by atoms with Gasteiger partial charge in [-0.05, 0) is 47.6 Å². The number of amides is 2. The van der Waals surface area contributed by atoms with Crippen molar-refractivity contribution in [3.63, 3.8) is 0 Å². The molecule has 2 N–H and O–H groups in total. The fourth-order valence-electron chi connectivity index (χ4n) is 1.96. The molecule has 2 heterocycles. The highest BCUT2D eigenvalue weighted by atomic mass is 35.5. The van der Waals surface area contributed by atoms with Gasteiger partial charge in [-0.25, -0.2) is 4.98 Å². The number of thiocarbonyl (C=S) groups is 1. The number of nitrogens with zero attached hydrogens (tertiary/aromatic N) is 2. The Kier molecular flexibility index (Phi) is 4.68. The zero-order valence-corrected chi connectivity index (χ0v) is 13.8. The van der Waals surface area contributed by atoms with Gasteiger partial charge in [-0.15, -0.1) is 0 Å². The number of carbonyl (C=O) groups excluding carboxylic acids is 2. The Labute approximate surface area is 150 Å². The molecule has 1 aliphatic heterocycles. The Hall–Kier alpha value is -2.91. The third-order valence-corrected chi connectivity index (χ3v) is 3.40. The van der Waals surface area contributed by atoms with Gasteiger partial charge in [0.25, 0.3) is 17.7 Å². The summed E-state index contributed by atoms with van der Waals surface area (Å²) in [6.45, 7) is 0. The lowest BCUT2D eigenvalue weighted by atomic mass is 10.1. The molecule has 1 aromatic carbocycles. The van der Waals surface area contributed by atoms with Crippen LogP contribution >= 0.6 is 23.8 Å². The van der Waals surface area contributed by atoms with E-state index in [1.165, 1.54) is 12.1 Å². The van der Waals surface area contributed by atoms with Gasteiger partial charge in [-0.3, -0.25) is 20.2 Å². The van der Waals surface area contributed by atoms with Crippen molar-refractivity contribution < 1.29 is 18.7 Å². The molecule has 10 heteroatoms. The molecule has 25 heavy (non-hydrogen) atoms. The number of hydrogen-bond acceptors (Lipinski definition) is 6. The van der Waals surface area contributed by atoms with E-state index in [1.807, 2.05) is 0 Å². The zero-order chi connectivity index (χ0) is 18.0. The maximum absolute atomic E-state index is 13.6. The molecule has 0 radical (unpaired) electrons. The summed E-state index contributed by atoms with van der Waals surface area (Å²) in [6, 6.07) is 6.28. The smallest absolute Gasteiger partial charge is 0.263 e. The molecule has 126 valence electrons. The van der Waals surface area contributed by atoms with Crippen molar-refractivity contribution in [3.8, 4) is 11.6 Å². The molecule has 0 spiro atoms. The normalized spacial score (nSPS) is 14.0. The second-order valence-electron chi connectivity index (χ2n) is 4.76. The number of ether oxygens (including phenoxy) is 1. The first-order chi connectivity index (χ1) is 11.9. The maximum Gasteiger partial charge on any atom is 0.263 e. The quantitative estimate of drug-likeness (QED) is 0.367. The van der Waals surface area contributed by atoms with E-state index >= 15 is 0 Å². The number of nitrogens with one attached hydrogen (secondary N) is 2. The van der Waals surface area contributed by atoms with Gasteiger partial charge in [0.2, 0.25) is 11.1 Å². The minimum Gasteiger partial charge on any atom is -0.436 e. The van der Waals surface area contributed by atoms with Crippen LogP contribution in [0.5, 0.6) is 11.6 Å². The summed E-state index contributed by atoms with van der Waals surface area (Å²) in [6.07, 6.45) is 2.23. The van der Waals surface area contributed by atoms with Crippen LogP contribution in [0, 0.1) is 5.82 Å². The number of halogens is 2. The fourth-order valence-corrected chi connectivity index (χ4v) is 2.27. The van der Waals surface area contributed by atoms with E-state index in [9.17, 15) is 14.0 Å². The average molecular weight is 379 g/mol. The fraction of sp³-hybridized carbons (Fsp3) is 0. The van der Waals surface area contributed by atoms with Crippen LogP contribution in [0.15, 0.2) is 36.0 Å². The first-order valence-corrected chi connectivity index (χ1v) is 7.55. The van der Waals surface area contributed by atoms with Crippen molar-refractivity contribution in [1.82, 2.24) is 20.6 Å². The number of benzene rings is 1. The minimum absolute atomic E-state index is 0.0552. The average Bonchev–Trinajstić information content (AvgIpc) is 2.55. The van der Waals surface area contributed by atoms with E-state index < -0.39 is 17.6 Å². The highest BCUT2D eigenvalue weighted by Crippen LogP contribution is 2.24. The zero-order valence-electron chi connectivity index (χ0n) is 12.2. The van der Waals surface area contributed by atoms with Crippen molar-refractivity contribution in [2.45, 2.75) is 0 Å². The molecule has 0 saturated carbocycles. The lowest BCUT2D eigenvalue weighted by Gasteiger charge is -2.16. The molecule has 2 aromatic rings. The molecule has 1 aromatic heterocycles. The summed E-state index contributed by atoms with van der Waals surface area (Å²) >= 11 is 10.3. The van der Waals surface area contributed by atoms with Crippen molar-refractivity contribution in [1.29, 1.82) is 0 Å². The summed E-state index contributed by atoms with van der Waals surface area (Å²) in [5.41, 5.74) is 0.355. The Balaban J connectivity index is 1.88. The van der Waals surface area contributed by atoms with E-state index in [0.717, 1.165) is 6.20 Å². The number of carbonyl (C=O) groups is 2. The van der Waals surface area contributed by atoms with Crippen LogP contribution in [-0.4, -0.2) is 26.9 Å². The molecular weight excluding hydrogens is 371 g/mol. The summed E-state index contributed by atoms with van der Waals surface area (Å²) in [5.74, 6) is -2.13. The van der Waals surface area contributed by atoms with Gasteiger partial charge in [0.05, 0.1) is 6.20 Å². The van der Waals surface area contributed by atoms with Crippen molar-refractivity contribution in [2.75, 3.05) is 0 Å². The predicted molar refractivity (Wildman–Crippen MR) is 90.4 cm³/mol. The first kappa shape index (κ1) is 16.9. The van der Waals surface area contributed by atoms with Crippen LogP contribution in [-0.2, 0) is 9.59 Å². The predicted octanol–water partition coefficient (Wildman–Crippen LogP) is 1.98. The SMILES string of the molecule is O=C1NC(=S)NC(=O)C1=Cc1cccc(Oc2nc(Cl)ncc2F)c1. The third kappa shape index (κ3) is 3.95. The van der Waals surface area contributed by atoms with Crippen LogP contribution < -0.4 is 15.4 Å². The largest absolute Gasteiger partial charge is 0.436 e. The van der Waals surface area contributed by atoms with Gasteiger partial charge in [-0.1, -0.05) is 12.1 Å². The maximum atomic E-state index is 13.6. The number of rotatable bonds is 3. The third-order valence-electron chi connectivity index (χ3n) is 3.01. The molecule has 1 fully saturated rings. The summed E-state index contributed by atoms with van der Waals surface area (Å²) in [4.78, 5) is 30.8. The molecule has 7 nitrogen and oxygen atoms in total. The highest BCUT2D eigenvalue weighted by molar-refractivity contribution is 7.80. The van der Waals surface area contributed by atoms with Crippen LogP contribution in [0.3, 0.4) is 0 Å². The van der Waals surface area contributed by atoms with Gasteiger partial charge >= 0.3 is 0 Å². The second-order valence-corrected chi connectivity index (χ2v) is 5.51. The van der Waals surface area contributed by atoms with Crippen LogP contribution in [0.4, 0.5) is 4.39 Å². The van der Waals surface area contributed by atoms with Gasteiger partial charge in [0, 0.05) is 0 Å². The van der Waals surface area contributed by atoms with Crippen LogP contribution in [0.2, 0.25) is 5.28 Å². The second kappa shape index (κ2) is 6.91. The molecule has 2 amide bonds. The lowest BCUT2D eigenvalue weighted by Crippen LogP contribution is -2.51. The van der Waals surface area contributed by atoms with Crippen molar-refractivity contribution >= 4 is 46.8 Å². The molecule has 0 bridgehead atoms. The molecule has 0 atom stereocenters. The number of aromatic nitrogens is 2. The Morgan fingerprint density at radius 1 is 1.24 bits per heavy atom. The molecule has 1 aliphatic rings. The minimum atomic E-state index is -0.785. The molecule has 1 saturated heterocycles. The first-order valence-electron chi connectivity index (χ1n) is 6.76. The van der Waals surface area contributed by atoms with Crippen LogP contribution in [0.25, 0.3) is 6.08 Å². The van der Waals surface area contributed by atoms with Crippen molar-refractivity contribution in [3.05, 3.63) is 52.7 Å². The van der Waals surface area contributed by atoms with E-state index in [1.54, 1.807) is 18.2 Å². The molecule has 0 aliphatic carbocycles. The lowest BCUT2D eigenvalue weighted by molar-refractivity contribution is -0.123.